The highest BCUT2D eigenvalue weighted by Crippen LogP contribution is 2.34. The summed E-state index contributed by atoms with van der Waals surface area (Å²) in [4.78, 5) is 5.84. The molecule has 8 heteroatoms. The first-order valence-electron chi connectivity index (χ1n) is 10.6. The van der Waals surface area contributed by atoms with Gasteiger partial charge in [-0.1, -0.05) is 43.2 Å². The van der Waals surface area contributed by atoms with E-state index in [1.54, 1.807) is 41.5 Å². The van der Waals surface area contributed by atoms with Crippen LogP contribution in [0.5, 0.6) is 0 Å². The number of thiophene rings is 1. The smallest absolute Gasteiger partial charge is 0.226 e. The SMILES string of the molecule is Fc1cccc(-c2nc(CSc3nnc(Cc4cccs4)n3C3CCCCC3)co2)c1. The molecule has 1 saturated carbocycles. The summed E-state index contributed by atoms with van der Waals surface area (Å²) in [6.07, 6.45) is 8.63. The number of rotatable bonds is 7. The summed E-state index contributed by atoms with van der Waals surface area (Å²) in [5.41, 5.74) is 1.45. The Bertz CT molecular complexity index is 1130. The molecule has 1 aliphatic carbocycles. The highest BCUT2D eigenvalue weighted by Gasteiger charge is 2.23. The summed E-state index contributed by atoms with van der Waals surface area (Å²) < 4.78 is 21.4. The lowest BCUT2D eigenvalue weighted by atomic mass is 9.95. The van der Waals surface area contributed by atoms with Crippen molar-refractivity contribution >= 4 is 23.1 Å². The van der Waals surface area contributed by atoms with Crippen LogP contribution in [0.4, 0.5) is 4.39 Å². The lowest BCUT2D eigenvalue weighted by Gasteiger charge is -2.25. The van der Waals surface area contributed by atoms with E-state index in [1.165, 1.54) is 49.1 Å². The van der Waals surface area contributed by atoms with Crippen LogP contribution in [-0.4, -0.2) is 19.7 Å². The Hall–Kier alpha value is -2.45. The number of thioether (sulfide) groups is 1. The Morgan fingerprint density at radius 2 is 2.03 bits per heavy atom. The first-order chi connectivity index (χ1) is 15.3. The van der Waals surface area contributed by atoms with Crippen molar-refractivity contribution in [1.29, 1.82) is 0 Å². The van der Waals surface area contributed by atoms with Gasteiger partial charge in [-0.15, -0.1) is 21.5 Å². The molecule has 0 spiro atoms. The molecule has 3 heterocycles. The van der Waals surface area contributed by atoms with Gasteiger partial charge in [-0.2, -0.15) is 0 Å². The van der Waals surface area contributed by atoms with Crippen LogP contribution >= 0.6 is 23.1 Å². The van der Waals surface area contributed by atoms with E-state index >= 15 is 0 Å². The summed E-state index contributed by atoms with van der Waals surface area (Å²) >= 11 is 3.39. The Morgan fingerprint density at radius 1 is 1.13 bits per heavy atom. The molecule has 31 heavy (non-hydrogen) atoms. The van der Waals surface area contributed by atoms with Gasteiger partial charge in [0.25, 0.3) is 0 Å². The molecule has 0 atom stereocenters. The topological polar surface area (TPSA) is 56.7 Å². The minimum atomic E-state index is -0.300. The molecule has 0 radical (unpaired) electrons. The molecule has 0 bridgehead atoms. The summed E-state index contributed by atoms with van der Waals surface area (Å²) in [7, 11) is 0. The van der Waals surface area contributed by atoms with Gasteiger partial charge in [-0.25, -0.2) is 9.37 Å². The molecule has 5 nitrogen and oxygen atoms in total. The van der Waals surface area contributed by atoms with Crippen molar-refractivity contribution < 1.29 is 8.81 Å². The summed E-state index contributed by atoms with van der Waals surface area (Å²) in [5.74, 6) is 1.80. The molecule has 0 amide bonds. The van der Waals surface area contributed by atoms with Crippen LogP contribution in [0.1, 0.15) is 54.5 Å². The molecule has 5 rings (SSSR count). The van der Waals surface area contributed by atoms with Crippen molar-refractivity contribution in [2.24, 2.45) is 0 Å². The van der Waals surface area contributed by atoms with Crippen molar-refractivity contribution in [2.45, 2.75) is 55.5 Å². The highest BCUT2D eigenvalue weighted by atomic mass is 32.2. The molecule has 160 valence electrons. The van der Waals surface area contributed by atoms with E-state index in [0.717, 1.165) is 23.1 Å². The van der Waals surface area contributed by atoms with E-state index in [9.17, 15) is 4.39 Å². The molecule has 0 unspecified atom stereocenters. The van der Waals surface area contributed by atoms with Gasteiger partial charge in [0.1, 0.15) is 17.9 Å². The fourth-order valence-electron chi connectivity index (χ4n) is 4.07. The third-order valence-electron chi connectivity index (χ3n) is 5.56. The second-order valence-corrected chi connectivity index (χ2v) is 9.73. The Balaban J connectivity index is 1.34. The van der Waals surface area contributed by atoms with Crippen molar-refractivity contribution in [3.05, 3.63) is 70.3 Å². The maximum atomic E-state index is 13.5. The average molecular weight is 455 g/mol. The van der Waals surface area contributed by atoms with E-state index in [1.807, 2.05) is 0 Å². The van der Waals surface area contributed by atoms with Gasteiger partial charge in [0, 0.05) is 28.7 Å². The van der Waals surface area contributed by atoms with Gasteiger partial charge in [0.05, 0.1) is 5.69 Å². The molecule has 4 aromatic rings. The summed E-state index contributed by atoms with van der Waals surface area (Å²) in [5, 5.41) is 12.1. The zero-order valence-electron chi connectivity index (χ0n) is 17.0. The number of aromatic nitrogens is 4. The quantitative estimate of drug-likeness (QED) is 0.298. The van der Waals surface area contributed by atoms with E-state index in [-0.39, 0.29) is 5.82 Å². The molecule has 0 N–H and O–H groups in total. The third-order valence-corrected chi connectivity index (χ3v) is 7.41. The van der Waals surface area contributed by atoms with Gasteiger partial charge in [0.15, 0.2) is 5.16 Å². The Labute approximate surface area is 188 Å². The fraction of sp³-hybridized carbons (Fsp3) is 0.348. The minimum absolute atomic E-state index is 0.300. The lowest BCUT2D eigenvalue weighted by molar-refractivity contribution is 0.330. The molecule has 1 fully saturated rings. The number of halogens is 1. The number of benzene rings is 1. The van der Waals surface area contributed by atoms with Gasteiger partial charge in [-0.3, -0.25) is 0 Å². The largest absolute Gasteiger partial charge is 0.444 e. The predicted molar refractivity (Wildman–Crippen MR) is 121 cm³/mol. The molecule has 1 aromatic carbocycles. The van der Waals surface area contributed by atoms with Crippen LogP contribution in [0.25, 0.3) is 11.5 Å². The van der Waals surface area contributed by atoms with Crippen LogP contribution in [-0.2, 0) is 12.2 Å². The predicted octanol–water partition coefficient (Wildman–Crippen LogP) is 6.52. The normalized spacial score (nSPS) is 14.9. The van der Waals surface area contributed by atoms with E-state index in [0.29, 0.717) is 23.2 Å². The van der Waals surface area contributed by atoms with Crippen LogP contribution < -0.4 is 0 Å². The minimum Gasteiger partial charge on any atom is -0.444 e. The summed E-state index contributed by atoms with van der Waals surface area (Å²) in [6, 6.07) is 11.0. The Morgan fingerprint density at radius 3 is 2.84 bits per heavy atom. The van der Waals surface area contributed by atoms with Crippen molar-refractivity contribution in [1.82, 2.24) is 19.7 Å². The zero-order chi connectivity index (χ0) is 21.0. The average Bonchev–Trinajstić information content (AvgIpc) is 3.55. The summed E-state index contributed by atoms with van der Waals surface area (Å²) in [6.45, 7) is 0. The number of hydrogen-bond donors (Lipinski definition) is 0. The van der Waals surface area contributed by atoms with Crippen LogP contribution in [0, 0.1) is 5.82 Å². The first kappa shape index (κ1) is 20.5. The van der Waals surface area contributed by atoms with Gasteiger partial charge in [0.2, 0.25) is 5.89 Å². The molecule has 1 aliphatic rings. The maximum absolute atomic E-state index is 13.5. The zero-order valence-corrected chi connectivity index (χ0v) is 18.7. The first-order valence-corrected chi connectivity index (χ1v) is 12.4. The number of nitrogens with zero attached hydrogens (tertiary/aromatic N) is 4. The third kappa shape index (κ3) is 4.75. The molecule has 0 saturated heterocycles. The van der Waals surface area contributed by atoms with Crippen LogP contribution in [0.3, 0.4) is 0 Å². The second-order valence-electron chi connectivity index (χ2n) is 7.76. The second kappa shape index (κ2) is 9.36. The number of hydrogen-bond acceptors (Lipinski definition) is 6. The van der Waals surface area contributed by atoms with E-state index in [4.69, 9.17) is 4.42 Å². The fourth-order valence-corrected chi connectivity index (χ4v) is 5.67. The van der Waals surface area contributed by atoms with Crippen LogP contribution in [0.15, 0.2) is 57.6 Å². The van der Waals surface area contributed by atoms with Crippen molar-refractivity contribution in [2.75, 3.05) is 0 Å². The van der Waals surface area contributed by atoms with Gasteiger partial charge < -0.3 is 8.98 Å². The number of oxazole rings is 1. The monoisotopic (exact) mass is 454 g/mol. The molecular weight excluding hydrogens is 431 g/mol. The Kier molecular flexibility index (Phi) is 6.18. The molecular formula is C23H23FN4OS2. The van der Waals surface area contributed by atoms with Crippen molar-refractivity contribution in [3.8, 4) is 11.5 Å². The lowest BCUT2D eigenvalue weighted by Crippen LogP contribution is -2.16. The van der Waals surface area contributed by atoms with Gasteiger partial charge in [-0.05, 0) is 42.5 Å². The van der Waals surface area contributed by atoms with E-state index in [2.05, 4.69) is 37.3 Å². The molecule has 0 aliphatic heterocycles. The van der Waals surface area contributed by atoms with Crippen molar-refractivity contribution in [3.63, 3.8) is 0 Å². The van der Waals surface area contributed by atoms with E-state index < -0.39 is 0 Å². The highest BCUT2D eigenvalue weighted by molar-refractivity contribution is 7.98. The maximum Gasteiger partial charge on any atom is 0.226 e. The van der Waals surface area contributed by atoms with Crippen LogP contribution in [0.2, 0.25) is 0 Å². The van der Waals surface area contributed by atoms with Gasteiger partial charge >= 0.3 is 0 Å². The standard InChI is InChI=1S/C23H23FN4OS2/c24-17-7-4-6-16(12-17)22-25-18(14-29-22)15-31-23-27-26-21(13-20-10-5-11-30-20)28(23)19-8-2-1-3-9-19/h4-7,10-12,14,19H,1-3,8-9,13,15H2. The molecule has 3 aromatic heterocycles.